The molecule has 2 aromatic heterocycles. The van der Waals surface area contributed by atoms with Gasteiger partial charge in [-0.2, -0.15) is 18.2 Å². The number of morpholine rings is 1. The molecule has 0 spiro atoms. The van der Waals surface area contributed by atoms with E-state index in [1.807, 2.05) is 4.90 Å². The van der Waals surface area contributed by atoms with Crippen LogP contribution in [0.25, 0.3) is 0 Å². The van der Waals surface area contributed by atoms with Gasteiger partial charge in [0, 0.05) is 37.1 Å². The average Bonchev–Trinajstić information content (AvgIpc) is 2.79. The first-order valence-corrected chi connectivity index (χ1v) is 11.0. The minimum absolute atomic E-state index is 0.0185. The minimum atomic E-state index is -4.58. The molecule has 2 bridgehead atoms. The molecule has 6 rings (SSSR count). The van der Waals surface area contributed by atoms with Gasteiger partial charge in [-0.15, -0.1) is 0 Å². The van der Waals surface area contributed by atoms with Crippen molar-refractivity contribution in [3.63, 3.8) is 0 Å². The molecule has 0 saturated carbocycles. The highest BCUT2D eigenvalue weighted by molar-refractivity contribution is 5.99. The van der Waals surface area contributed by atoms with Crippen molar-refractivity contribution >= 4 is 17.5 Å². The van der Waals surface area contributed by atoms with Crippen molar-refractivity contribution in [2.75, 3.05) is 29.5 Å². The summed E-state index contributed by atoms with van der Waals surface area (Å²) in [4.78, 5) is 37.2. The summed E-state index contributed by atoms with van der Waals surface area (Å²) in [7, 11) is 0. The zero-order valence-electron chi connectivity index (χ0n) is 18.1. The van der Waals surface area contributed by atoms with E-state index in [2.05, 4.69) is 9.97 Å². The van der Waals surface area contributed by atoms with E-state index in [0.717, 1.165) is 23.3 Å². The summed E-state index contributed by atoms with van der Waals surface area (Å²) in [5.41, 5.74) is 0.524. The van der Waals surface area contributed by atoms with Crippen LogP contribution in [0.15, 0.2) is 29.3 Å². The van der Waals surface area contributed by atoms with Crippen molar-refractivity contribution in [2.45, 2.75) is 57.1 Å². The second kappa shape index (κ2) is 8.12. The SMILES string of the molecule is Cc1cncc(C(=O)CN2c3nc(N4C[C@@H]5CCC4CO5)cc(=O)n3CC[C@H]2C(F)(F)F)c1. The first-order valence-electron chi connectivity index (χ1n) is 11.0. The average molecular weight is 463 g/mol. The Bertz CT molecular complexity index is 1130. The molecule has 1 unspecified atom stereocenters. The van der Waals surface area contributed by atoms with Gasteiger partial charge in [-0.1, -0.05) is 0 Å². The Morgan fingerprint density at radius 2 is 2.03 bits per heavy atom. The molecule has 4 aliphatic heterocycles. The molecule has 3 fully saturated rings. The summed E-state index contributed by atoms with van der Waals surface area (Å²) in [5, 5.41) is 0. The fourth-order valence-corrected chi connectivity index (χ4v) is 4.91. The van der Waals surface area contributed by atoms with Crippen molar-refractivity contribution in [3.05, 3.63) is 46.0 Å². The van der Waals surface area contributed by atoms with Gasteiger partial charge in [-0.05, 0) is 37.8 Å². The van der Waals surface area contributed by atoms with Crippen LogP contribution >= 0.6 is 0 Å². The van der Waals surface area contributed by atoms with Gasteiger partial charge in [-0.25, -0.2) is 0 Å². The maximum absolute atomic E-state index is 14.0. The van der Waals surface area contributed by atoms with Gasteiger partial charge in [-0.3, -0.25) is 19.1 Å². The number of fused-ring (bicyclic) bond motifs is 4. The van der Waals surface area contributed by atoms with Crippen molar-refractivity contribution in [3.8, 4) is 0 Å². The summed E-state index contributed by atoms with van der Waals surface area (Å²) in [6, 6.07) is 1.08. The number of anilines is 2. The van der Waals surface area contributed by atoms with Gasteiger partial charge >= 0.3 is 6.18 Å². The quantitative estimate of drug-likeness (QED) is 0.644. The highest BCUT2D eigenvalue weighted by atomic mass is 19.4. The smallest absolute Gasteiger partial charge is 0.374 e. The van der Waals surface area contributed by atoms with Crippen LogP contribution < -0.4 is 15.4 Å². The molecule has 176 valence electrons. The highest BCUT2D eigenvalue weighted by Gasteiger charge is 2.47. The number of aromatic nitrogens is 3. The van der Waals surface area contributed by atoms with Crippen LogP contribution in [0.1, 0.15) is 35.2 Å². The van der Waals surface area contributed by atoms with E-state index in [9.17, 15) is 22.8 Å². The number of ether oxygens (including phenoxy) is 1. The second-order valence-corrected chi connectivity index (χ2v) is 8.89. The summed E-state index contributed by atoms with van der Waals surface area (Å²) in [6.07, 6.45) is -0.213. The van der Waals surface area contributed by atoms with Crippen LogP contribution in [0.2, 0.25) is 0 Å². The second-order valence-electron chi connectivity index (χ2n) is 8.89. The summed E-state index contributed by atoms with van der Waals surface area (Å²) in [6.45, 7) is 2.12. The van der Waals surface area contributed by atoms with Crippen LogP contribution in [0, 0.1) is 6.92 Å². The Balaban J connectivity index is 1.54. The maximum atomic E-state index is 14.0. The molecule has 6 heterocycles. The molecule has 33 heavy (non-hydrogen) atoms. The molecule has 0 amide bonds. The molecule has 11 heteroatoms. The molecule has 0 aliphatic carbocycles. The number of hydrogen-bond acceptors (Lipinski definition) is 7. The topological polar surface area (TPSA) is 80.6 Å². The molecule has 0 aromatic carbocycles. The summed E-state index contributed by atoms with van der Waals surface area (Å²) >= 11 is 0. The van der Waals surface area contributed by atoms with Gasteiger partial charge in [0.25, 0.3) is 5.56 Å². The van der Waals surface area contributed by atoms with E-state index in [1.165, 1.54) is 16.8 Å². The molecule has 3 atom stereocenters. The third kappa shape index (κ3) is 4.09. The molecule has 4 aliphatic rings. The van der Waals surface area contributed by atoms with E-state index in [-0.39, 0.29) is 36.6 Å². The van der Waals surface area contributed by atoms with Gasteiger partial charge in [0.05, 0.1) is 25.3 Å². The van der Waals surface area contributed by atoms with Crippen LogP contribution in [-0.4, -0.2) is 64.4 Å². The Kier molecular flexibility index (Phi) is 5.38. The number of Topliss-reactive ketones (excluding diaryl/α,β-unsaturated/α-hetero) is 1. The van der Waals surface area contributed by atoms with Crippen LogP contribution in [0.5, 0.6) is 0 Å². The first kappa shape index (κ1) is 21.9. The van der Waals surface area contributed by atoms with E-state index in [1.54, 1.807) is 19.2 Å². The molecule has 0 N–H and O–H groups in total. The fraction of sp³-hybridized carbons (Fsp3) is 0.545. The lowest BCUT2D eigenvalue weighted by Crippen LogP contribution is -2.56. The minimum Gasteiger partial charge on any atom is -0.374 e. The lowest BCUT2D eigenvalue weighted by molar-refractivity contribution is -0.152. The summed E-state index contributed by atoms with van der Waals surface area (Å²) < 4.78 is 48.9. The van der Waals surface area contributed by atoms with Crippen molar-refractivity contribution in [1.82, 2.24) is 14.5 Å². The predicted molar refractivity (Wildman–Crippen MR) is 114 cm³/mol. The third-order valence-electron chi connectivity index (χ3n) is 6.60. The summed E-state index contributed by atoms with van der Waals surface area (Å²) in [5.74, 6) is -0.303. The number of rotatable bonds is 4. The highest BCUT2D eigenvalue weighted by Crippen LogP contribution is 2.36. The number of carbonyl (C=O) groups excluding carboxylic acids is 1. The lowest BCUT2D eigenvalue weighted by Gasteiger charge is -2.46. The Labute approximate surface area is 188 Å². The molecule has 8 nitrogen and oxygen atoms in total. The van der Waals surface area contributed by atoms with E-state index < -0.39 is 30.1 Å². The standard InChI is InChI=1S/C22H24F3N5O3/c1-13-6-14(9-26-8-13)17(31)11-30-18(22(23,24)25)4-5-28-20(32)7-19(27-21(28)30)29-10-16-3-2-15(29)12-33-16/h6-9,15-16,18H,2-5,10-12H2,1H3/t15?,16-,18-/m0/s1. The number of aryl methyl sites for hydroxylation is 1. The monoisotopic (exact) mass is 463 g/mol. The number of alkyl halides is 3. The van der Waals surface area contributed by atoms with E-state index in [0.29, 0.717) is 19.0 Å². The number of pyridine rings is 1. The molecular weight excluding hydrogens is 439 g/mol. The van der Waals surface area contributed by atoms with Gasteiger partial charge in [0.1, 0.15) is 11.9 Å². The Morgan fingerprint density at radius 3 is 2.67 bits per heavy atom. The molecule has 2 aromatic rings. The number of halogens is 3. The molecule has 0 radical (unpaired) electrons. The van der Waals surface area contributed by atoms with Gasteiger partial charge < -0.3 is 14.5 Å². The normalized spacial score (nSPS) is 24.7. The van der Waals surface area contributed by atoms with Crippen LogP contribution in [0.4, 0.5) is 24.9 Å². The number of piperidine rings is 1. The lowest BCUT2D eigenvalue weighted by atomic mass is 9.97. The fourth-order valence-electron chi connectivity index (χ4n) is 4.91. The van der Waals surface area contributed by atoms with Gasteiger partial charge in [0.2, 0.25) is 5.95 Å². The Morgan fingerprint density at radius 1 is 1.21 bits per heavy atom. The molecule has 3 saturated heterocycles. The van der Waals surface area contributed by atoms with Crippen molar-refractivity contribution < 1.29 is 22.7 Å². The number of ketones is 1. The number of hydrogen-bond donors (Lipinski definition) is 0. The number of carbonyl (C=O) groups is 1. The van der Waals surface area contributed by atoms with Crippen molar-refractivity contribution in [1.29, 1.82) is 0 Å². The van der Waals surface area contributed by atoms with Crippen LogP contribution in [0.3, 0.4) is 0 Å². The maximum Gasteiger partial charge on any atom is 0.408 e. The zero-order chi connectivity index (χ0) is 23.3. The Hall–Kier alpha value is -2.95. The molecular formula is C22H24F3N5O3. The predicted octanol–water partition coefficient (Wildman–Crippen LogP) is 2.34. The largest absolute Gasteiger partial charge is 0.408 e. The zero-order valence-corrected chi connectivity index (χ0v) is 18.1. The third-order valence-corrected chi connectivity index (χ3v) is 6.60. The number of nitrogens with zero attached hydrogens (tertiary/aromatic N) is 5. The van der Waals surface area contributed by atoms with E-state index >= 15 is 0 Å². The van der Waals surface area contributed by atoms with Crippen LogP contribution in [-0.2, 0) is 11.3 Å². The van der Waals surface area contributed by atoms with Crippen molar-refractivity contribution in [2.24, 2.45) is 0 Å². The van der Waals surface area contributed by atoms with Gasteiger partial charge in [0.15, 0.2) is 5.78 Å². The van der Waals surface area contributed by atoms with E-state index in [4.69, 9.17) is 4.74 Å². The first-order chi connectivity index (χ1) is 15.7.